The number of carbonyl (C=O) groups is 3. The van der Waals surface area contributed by atoms with Crippen molar-refractivity contribution in [3.63, 3.8) is 0 Å². The molecule has 1 heterocycles. The van der Waals surface area contributed by atoms with E-state index in [4.69, 9.17) is 0 Å². The van der Waals surface area contributed by atoms with E-state index in [0.29, 0.717) is 5.69 Å². The predicted molar refractivity (Wildman–Crippen MR) is 90.5 cm³/mol. The summed E-state index contributed by atoms with van der Waals surface area (Å²) in [6.45, 7) is 0.957. The third-order valence-corrected chi connectivity index (χ3v) is 3.99. The normalized spacial score (nSPS) is 17.0. The van der Waals surface area contributed by atoms with Gasteiger partial charge in [0.05, 0.1) is 5.69 Å². The van der Waals surface area contributed by atoms with Crippen LogP contribution in [0.4, 0.5) is 25.0 Å². The van der Waals surface area contributed by atoms with Crippen LogP contribution in [-0.2, 0) is 9.59 Å². The molecule has 2 aromatic carbocycles. The minimum atomic E-state index is -0.821. The standard InChI is InChI=1S/C18H15F2N3O3/c1-11-17(25)22(18(26)23(11)13-5-3-2-4-6-13)10-16(24)21-15-9-12(19)7-8-14(15)20/h2-9,11H,10H2,1H3,(H,21,24). The molecule has 0 bridgehead atoms. The van der Waals surface area contributed by atoms with E-state index in [1.165, 1.54) is 4.90 Å². The highest BCUT2D eigenvalue weighted by atomic mass is 19.1. The predicted octanol–water partition coefficient (Wildman–Crippen LogP) is 2.76. The number of amides is 4. The Morgan fingerprint density at radius 3 is 2.50 bits per heavy atom. The van der Waals surface area contributed by atoms with Gasteiger partial charge in [-0.15, -0.1) is 0 Å². The van der Waals surface area contributed by atoms with E-state index in [1.54, 1.807) is 37.3 Å². The summed E-state index contributed by atoms with van der Waals surface area (Å²) in [6, 6.07) is 9.75. The lowest BCUT2D eigenvalue weighted by Gasteiger charge is -2.19. The number of rotatable bonds is 4. The topological polar surface area (TPSA) is 69.7 Å². The maximum absolute atomic E-state index is 13.6. The molecular formula is C18H15F2N3O3. The van der Waals surface area contributed by atoms with Crippen LogP contribution in [-0.4, -0.2) is 35.3 Å². The van der Waals surface area contributed by atoms with Crippen molar-refractivity contribution in [3.05, 3.63) is 60.2 Å². The minimum absolute atomic E-state index is 0.359. The molecule has 6 nitrogen and oxygen atoms in total. The Morgan fingerprint density at radius 2 is 1.81 bits per heavy atom. The van der Waals surface area contributed by atoms with Crippen molar-refractivity contribution in [1.82, 2.24) is 4.90 Å². The number of nitrogens with zero attached hydrogens (tertiary/aromatic N) is 2. The number of carbonyl (C=O) groups excluding carboxylic acids is 3. The van der Waals surface area contributed by atoms with Gasteiger partial charge in [-0.05, 0) is 31.2 Å². The molecule has 1 aliphatic rings. The molecule has 26 heavy (non-hydrogen) atoms. The molecule has 0 saturated carbocycles. The molecule has 8 heteroatoms. The maximum Gasteiger partial charge on any atom is 0.332 e. The molecule has 1 unspecified atom stereocenters. The summed E-state index contributed by atoms with van der Waals surface area (Å²) < 4.78 is 26.8. The van der Waals surface area contributed by atoms with Gasteiger partial charge in [-0.2, -0.15) is 0 Å². The average molecular weight is 359 g/mol. The van der Waals surface area contributed by atoms with Gasteiger partial charge in [0.1, 0.15) is 24.2 Å². The zero-order valence-corrected chi connectivity index (χ0v) is 13.8. The molecular weight excluding hydrogens is 344 g/mol. The Bertz CT molecular complexity index is 873. The third kappa shape index (κ3) is 3.26. The van der Waals surface area contributed by atoms with Crippen LogP contribution in [0, 0.1) is 11.6 Å². The summed E-state index contributed by atoms with van der Waals surface area (Å²) in [5.41, 5.74) is 0.166. The lowest BCUT2D eigenvalue weighted by atomic mass is 10.2. The molecule has 0 spiro atoms. The largest absolute Gasteiger partial charge is 0.332 e. The van der Waals surface area contributed by atoms with Gasteiger partial charge in [0.25, 0.3) is 5.91 Å². The molecule has 1 aliphatic heterocycles. The molecule has 0 aromatic heterocycles. The molecule has 1 fully saturated rings. The van der Waals surface area contributed by atoms with Gasteiger partial charge in [-0.1, -0.05) is 18.2 Å². The number of hydrogen-bond acceptors (Lipinski definition) is 3. The van der Waals surface area contributed by atoms with E-state index in [1.807, 2.05) is 0 Å². The first kappa shape index (κ1) is 17.5. The van der Waals surface area contributed by atoms with Gasteiger partial charge in [0.2, 0.25) is 5.91 Å². The molecule has 1 atom stereocenters. The van der Waals surface area contributed by atoms with Crippen molar-refractivity contribution in [2.24, 2.45) is 0 Å². The highest BCUT2D eigenvalue weighted by Crippen LogP contribution is 2.25. The van der Waals surface area contributed by atoms with Crippen LogP contribution >= 0.6 is 0 Å². The van der Waals surface area contributed by atoms with Crippen LogP contribution in [0.2, 0.25) is 0 Å². The number of para-hydroxylation sites is 1. The summed E-state index contributed by atoms with van der Waals surface area (Å²) >= 11 is 0. The number of halogens is 2. The molecule has 0 aliphatic carbocycles. The SMILES string of the molecule is CC1C(=O)N(CC(=O)Nc2cc(F)ccc2F)C(=O)N1c1ccccc1. The van der Waals surface area contributed by atoms with Crippen molar-refractivity contribution in [2.45, 2.75) is 13.0 Å². The number of anilines is 2. The minimum Gasteiger partial charge on any atom is -0.322 e. The van der Waals surface area contributed by atoms with Crippen molar-refractivity contribution in [1.29, 1.82) is 0 Å². The summed E-state index contributed by atoms with van der Waals surface area (Å²) in [4.78, 5) is 39.1. The number of imide groups is 1. The van der Waals surface area contributed by atoms with Gasteiger partial charge >= 0.3 is 6.03 Å². The van der Waals surface area contributed by atoms with Crippen LogP contribution in [0.3, 0.4) is 0 Å². The number of hydrogen-bond donors (Lipinski definition) is 1. The average Bonchev–Trinajstić information content (AvgIpc) is 2.82. The van der Waals surface area contributed by atoms with Crippen LogP contribution < -0.4 is 10.2 Å². The maximum atomic E-state index is 13.6. The fourth-order valence-corrected chi connectivity index (χ4v) is 2.72. The third-order valence-electron chi connectivity index (χ3n) is 3.99. The first-order valence-electron chi connectivity index (χ1n) is 7.83. The van der Waals surface area contributed by atoms with Gasteiger partial charge in [-0.25, -0.2) is 13.6 Å². The Balaban J connectivity index is 1.75. The van der Waals surface area contributed by atoms with E-state index in [0.717, 1.165) is 23.1 Å². The smallest absolute Gasteiger partial charge is 0.322 e. The van der Waals surface area contributed by atoms with E-state index >= 15 is 0 Å². The zero-order valence-electron chi connectivity index (χ0n) is 13.8. The second kappa shape index (κ2) is 6.91. The first-order valence-corrected chi connectivity index (χ1v) is 7.83. The first-order chi connectivity index (χ1) is 12.4. The lowest BCUT2D eigenvalue weighted by molar-refractivity contribution is -0.130. The number of benzene rings is 2. The van der Waals surface area contributed by atoms with Crippen LogP contribution in [0.1, 0.15) is 6.92 Å². The Kier molecular flexibility index (Phi) is 4.66. The second-order valence-electron chi connectivity index (χ2n) is 5.76. The Hall–Kier alpha value is -3.29. The molecule has 134 valence electrons. The van der Waals surface area contributed by atoms with Crippen molar-refractivity contribution in [2.75, 3.05) is 16.8 Å². The second-order valence-corrected chi connectivity index (χ2v) is 5.76. The molecule has 2 aromatic rings. The monoisotopic (exact) mass is 359 g/mol. The van der Waals surface area contributed by atoms with Gasteiger partial charge < -0.3 is 5.32 Å². The van der Waals surface area contributed by atoms with E-state index < -0.39 is 42.1 Å². The fourth-order valence-electron chi connectivity index (χ4n) is 2.72. The fraction of sp³-hybridized carbons (Fsp3) is 0.167. The molecule has 0 radical (unpaired) electrons. The Morgan fingerprint density at radius 1 is 1.12 bits per heavy atom. The molecule has 3 rings (SSSR count). The van der Waals surface area contributed by atoms with Crippen LogP contribution in [0.25, 0.3) is 0 Å². The summed E-state index contributed by atoms with van der Waals surface area (Å²) in [5, 5.41) is 2.17. The van der Waals surface area contributed by atoms with Crippen LogP contribution in [0.15, 0.2) is 48.5 Å². The molecule has 1 N–H and O–H groups in total. The quantitative estimate of drug-likeness (QED) is 0.854. The summed E-state index contributed by atoms with van der Waals surface area (Å²) in [6.07, 6.45) is 0. The summed E-state index contributed by atoms with van der Waals surface area (Å²) in [5.74, 6) is -2.90. The van der Waals surface area contributed by atoms with Crippen LogP contribution in [0.5, 0.6) is 0 Å². The van der Waals surface area contributed by atoms with Gasteiger partial charge in [0, 0.05) is 11.8 Å². The lowest BCUT2D eigenvalue weighted by Crippen LogP contribution is -2.39. The summed E-state index contributed by atoms with van der Waals surface area (Å²) in [7, 11) is 0. The molecule has 4 amide bonds. The van der Waals surface area contributed by atoms with E-state index in [9.17, 15) is 23.2 Å². The zero-order chi connectivity index (χ0) is 18.8. The number of urea groups is 1. The highest BCUT2D eigenvalue weighted by molar-refractivity contribution is 6.16. The van der Waals surface area contributed by atoms with E-state index in [2.05, 4.69) is 5.32 Å². The van der Waals surface area contributed by atoms with Gasteiger partial charge in [-0.3, -0.25) is 19.4 Å². The van der Waals surface area contributed by atoms with Crippen molar-refractivity contribution >= 4 is 29.2 Å². The molecule has 1 saturated heterocycles. The Labute approximate surface area is 148 Å². The van der Waals surface area contributed by atoms with Crippen molar-refractivity contribution in [3.8, 4) is 0 Å². The van der Waals surface area contributed by atoms with Crippen molar-refractivity contribution < 1.29 is 23.2 Å². The highest BCUT2D eigenvalue weighted by Gasteiger charge is 2.44. The number of nitrogens with one attached hydrogen (secondary N) is 1. The van der Waals surface area contributed by atoms with E-state index in [-0.39, 0.29) is 5.69 Å². The van der Waals surface area contributed by atoms with Gasteiger partial charge in [0.15, 0.2) is 0 Å².